The summed E-state index contributed by atoms with van der Waals surface area (Å²) >= 11 is 0. The van der Waals surface area contributed by atoms with Crippen molar-refractivity contribution < 1.29 is 5.11 Å². The van der Waals surface area contributed by atoms with E-state index in [-0.39, 0.29) is 30.6 Å². The van der Waals surface area contributed by atoms with Crippen LogP contribution in [-0.4, -0.2) is 86.4 Å². The van der Waals surface area contributed by atoms with E-state index in [0.717, 1.165) is 64.6 Å². The van der Waals surface area contributed by atoms with E-state index in [1.807, 2.05) is 0 Å². The Balaban J connectivity index is 0.00000625. The second-order valence-corrected chi connectivity index (χ2v) is 7.80. The van der Waals surface area contributed by atoms with Gasteiger partial charge >= 0.3 is 0 Å². The van der Waals surface area contributed by atoms with Crippen LogP contribution in [0.25, 0.3) is 0 Å². The molecule has 2 unspecified atom stereocenters. The molecule has 1 fully saturated rings. The zero-order valence-corrected chi connectivity index (χ0v) is 19.8. The van der Waals surface area contributed by atoms with Crippen molar-refractivity contribution in [2.45, 2.75) is 46.6 Å². The molecule has 1 aliphatic rings. The number of hydrogen-bond acceptors (Lipinski definition) is 4. The lowest BCUT2D eigenvalue weighted by molar-refractivity contribution is 0.120. The van der Waals surface area contributed by atoms with Crippen molar-refractivity contribution in [2.75, 3.05) is 59.5 Å². The molecule has 6 nitrogen and oxygen atoms in total. The molecule has 1 saturated heterocycles. The van der Waals surface area contributed by atoms with Gasteiger partial charge in [0.2, 0.25) is 0 Å². The van der Waals surface area contributed by atoms with Gasteiger partial charge in [-0.1, -0.05) is 13.8 Å². The normalized spacial score (nSPS) is 19.1. The van der Waals surface area contributed by atoms with Gasteiger partial charge in [-0.2, -0.15) is 0 Å². The molecule has 7 heteroatoms. The topological polar surface area (TPSA) is 63.1 Å². The zero-order valence-electron chi connectivity index (χ0n) is 17.5. The van der Waals surface area contributed by atoms with Gasteiger partial charge in [0.05, 0.1) is 0 Å². The predicted octanol–water partition coefficient (Wildman–Crippen LogP) is 1.84. The Morgan fingerprint density at radius 2 is 1.77 bits per heavy atom. The number of likely N-dealkylation sites (N-methyl/N-ethyl adjacent to an activating group) is 1. The Morgan fingerprint density at radius 1 is 1.12 bits per heavy atom. The molecule has 0 aliphatic carbocycles. The van der Waals surface area contributed by atoms with Gasteiger partial charge in [0, 0.05) is 58.5 Å². The summed E-state index contributed by atoms with van der Waals surface area (Å²) in [5, 5.41) is 16.1. The molecular formula is C19H42IN5O. The first-order chi connectivity index (χ1) is 12.0. The van der Waals surface area contributed by atoms with Crippen molar-refractivity contribution >= 4 is 29.9 Å². The van der Waals surface area contributed by atoms with Crippen molar-refractivity contribution in [1.82, 2.24) is 20.4 Å². The van der Waals surface area contributed by atoms with Gasteiger partial charge in [-0.25, -0.2) is 0 Å². The monoisotopic (exact) mass is 483 g/mol. The average molecular weight is 483 g/mol. The first-order valence-electron chi connectivity index (χ1n) is 10.0. The third-order valence-electron chi connectivity index (χ3n) is 4.92. The van der Waals surface area contributed by atoms with E-state index in [1.54, 1.807) is 0 Å². The highest BCUT2D eigenvalue weighted by atomic mass is 127. The summed E-state index contributed by atoms with van der Waals surface area (Å²) in [6.45, 7) is 16.2. The molecular weight excluding hydrogens is 441 g/mol. The van der Waals surface area contributed by atoms with E-state index >= 15 is 0 Å². The summed E-state index contributed by atoms with van der Waals surface area (Å²) in [6.07, 6.45) is 1.94. The molecule has 0 spiro atoms. The number of hydrogen-bond donors (Lipinski definition) is 3. The number of guanidine groups is 1. The van der Waals surface area contributed by atoms with Crippen LogP contribution in [-0.2, 0) is 0 Å². The maximum atomic E-state index is 9.27. The van der Waals surface area contributed by atoms with Crippen molar-refractivity contribution in [3.05, 3.63) is 0 Å². The Labute approximate surface area is 178 Å². The number of aliphatic hydroxyl groups is 1. The average Bonchev–Trinajstić information content (AvgIpc) is 2.57. The second-order valence-electron chi connectivity index (χ2n) is 7.80. The molecule has 0 aromatic rings. The molecule has 0 saturated carbocycles. The van der Waals surface area contributed by atoms with Gasteiger partial charge in [-0.3, -0.25) is 9.89 Å². The largest absolute Gasteiger partial charge is 0.396 e. The molecule has 0 aromatic heterocycles. The summed E-state index contributed by atoms with van der Waals surface area (Å²) in [7, 11) is 2.19. The quantitative estimate of drug-likeness (QED) is 0.252. The smallest absolute Gasteiger partial charge is 0.191 e. The minimum absolute atomic E-state index is 0. The number of rotatable bonds is 10. The van der Waals surface area contributed by atoms with E-state index in [0.29, 0.717) is 17.9 Å². The molecule has 1 heterocycles. The summed E-state index contributed by atoms with van der Waals surface area (Å²) in [4.78, 5) is 9.70. The molecule has 26 heavy (non-hydrogen) atoms. The highest BCUT2D eigenvalue weighted by Crippen LogP contribution is 2.15. The molecule has 1 rings (SSSR count). The SMILES string of the molecule is CCNC(=NCC(CCO)CC(C)C)NCC(C)N1CCN(C)CC1.I. The van der Waals surface area contributed by atoms with E-state index in [4.69, 9.17) is 4.99 Å². The molecule has 3 N–H and O–H groups in total. The Hall–Kier alpha value is -0.120. The maximum absolute atomic E-state index is 9.27. The van der Waals surface area contributed by atoms with Crippen molar-refractivity contribution in [3.63, 3.8) is 0 Å². The molecule has 0 radical (unpaired) electrons. The van der Waals surface area contributed by atoms with Gasteiger partial charge in [0.25, 0.3) is 0 Å². The van der Waals surface area contributed by atoms with Crippen LogP contribution in [0, 0.1) is 11.8 Å². The lowest BCUT2D eigenvalue weighted by Crippen LogP contribution is -2.52. The van der Waals surface area contributed by atoms with Crippen LogP contribution >= 0.6 is 24.0 Å². The fourth-order valence-corrected chi connectivity index (χ4v) is 3.33. The first kappa shape index (κ1) is 25.9. The van der Waals surface area contributed by atoms with Crippen LogP contribution in [0.15, 0.2) is 4.99 Å². The lowest BCUT2D eigenvalue weighted by Gasteiger charge is -2.36. The summed E-state index contributed by atoms with van der Waals surface area (Å²) in [6, 6.07) is 0.501. The van der Waals surface area contributed by atoms with Crippen LogP contribution in [0.5, 0.6) is 0 Å². The number of piperazine rings is 1. The molecule has 2 atom stereocenters. The Kier molecular flexibility index (Phi) is 14.8. The molecule has 0 bridgehead atoms. The van der Waals surface area contributed by atoms with E-state index < -0.39 is 0 Å². The highest BCUT2D eigenvalue weighted by molar-refractivity contribution is 14.0. The highest BCUT2D eigenvalue weighted by Gasteiger charge is 2.19. The second kappa shape index (κ2) is 14.9. The maximum Gasteiger partial charge on any atom is 0.191 e. The fraction of sp³-hybridized carbons (Fsp3) is 0.947. The zero-order chi connectivity index (χ0) is 18.7. The lowest BCUT2D eigenvalue weighted by atomic mass is 9.94. The minimum atomic E-state index is 0. The van der Waals surface area contributed by atoms with Crippen molar-refractivity contribution in [1.29, 1.82) is 0 Å². The van der Waals surface area contributed by atoms with Gasteiger partial charge in [0.1, 0.15) is 0 Å². The number of nitrogens with one attached hydrogen (secondary N) is 2. The molecule has 1 aliphatic heterocycles. The summed E-state index contributed by atoms with van der Waals surface area (Å²) in [5.41, 5.74) is 0. The van der Waals surface area contributed by atoms with Crippen LogP contribution in [0.3, 0.4) is 0 Å². The van der Waals surface area contributed by atoms with Gasteiger partial charge in [-0.05, 0) is 45.6 Å². The number of aliphatic hydroxyl groups excluding tert-OH is 1. The third-order valence-corrected chi connectivity index (χ3v) is 4.92. The van der Waals surface area contributed by atoms with Gasteiger partial charge in [0.15, 0.2) is 5.96 Å². The van der Waals surface area contributed by atoms with Crippen LogP contribution in [0.1, 0.15) is 40.5 Å². The third kappa shape index (κ3) is 10.9. The fourth-order valence-electron chi connectivity index (χ4n) is 3.33. The number of nitrogens with zero attached hydrogens (tertiary/aromatic N) is 3. The van der Waals surface area contributed by atoms with Gasteiger partial charge < -0.3 is 20.6 Å². The molecule has 156 valence electrons. The van der Waals surface area contributed by atoms with Crippen LogP contribution in [0.2, 0.25) is 0 Å². The Bertz CT molecular complexity index is 373. The number of halogens is 1. The van der Waals surface area contributed by atoms with Gasteiger partial charge in [-0.15, -0.1) is 24.0 Å². The van der Waals surface area contributed by atoms with E-state index in [1.165, 1.54) is 0 Å². The minimum Gasteiger partial charge on any atom is -0.396 e. The summed E-state index contributed by atoms with van der Waals surface area (Å²) in [5.74, 6) is 1.99. The predicted molar refractivity (Wildman–Crippen MR) is 123 cm³/mol. The standard InChI is InChI=1S/C19H41N5O.HI/c1-6-20-19(22-15-18(7-12-25)13-16(2)3)21-14-17(4)24-10-8-23(5)9-11-24;/h16-18,25H,6-15H2,1-5H3,(H2,20,21,22);1H. The van der Waals surface area contributed by atoms with E-state index in [9.17, 15) is 5.11 Å². The first-order valence-corrected chi connectivity index (χ1v) is 10.0. The Morgan fingerprint density at radius 3 is 2.31 bits per heavy atom. The summed E-state index contributed by atoms with van der Waals surface area (Å²) < 4.78 is 0. The number of aliphatic imine (C=N–C) groups is 1. The van der Waals surface area contributed by atoms with Crippen LogP contribution in [0.4, 0.5) is 0 Å². The van der Waals surface area contributed by atoms with E-state index in [2.05, 4.69) is 55.2 Å². The van der Waals surface area contributed by atoms with Crippen LogP contribution < -0.4 is 10.6 Å². The van der Waals surface area contributed by atoms with Crippen molar-refractivity contribution in [2.24, 2.45) is 16.8 Å². The van der Waals surface area contributed by atoms with Crippen molar-refractivity contribution in [3.8, 4) is 0 Å². The molecule has 0 aromatic carbocycles. The molecule has 0 amide bonds.